The molecule has 0 aliphatic carbocycles. The number of hydrogen-bond donors (Lipinski definition) is 1. The van der Waals surface area contributed by atoms with Crippen molar-refractivity contribution in [2.45, 2.75) is 20.3 Å². The molecule has 1 amide bonds. The highest BCUT2D eigenvalue weighted by Crippen LogP contribution is 2.26. The molecule has 0 atom stereocenters. The molecular weight excluding hydrogens is 389 g/mol. The average molecular weight is 405 g/mol. The second-order valence-electron chi connectivity index (χ2n) is 5.45. The molecule has 0 spiro atoms. The monoisotopic (exact) mass is 405 g/mol. The lowest BCUT2D eigenvalue weighted by Crippen LogP contribution is -2.14. The maximum absolute atomic E-state index is 12.2. The zero-order valence-electron chi connectivity index (χ0n) is 12.4. The molecule has 22 heavy (non-hydrogen) atoms. The molecule has 0 unspecified atom stereocenters. The van der Waals surface area contributed by atoms with Crippen molar-refractivity contribution < 1.29 is 9.21 Å². The van der Waals surface area contributed by atoms with E-state index < -0.39 is 0 Å². The fraction of sp³-hybridized carbons (Fsp3) is 0.167. The summed E-state index contributed by atoms with van der Waals surface area (Å²) in [7, 11) is 0. The molecule has 1 aromatic heterocycles. The molecule has 1 N–H and O–H groups in total. The number of furan rings is 1. The van der Waals surface area contributed by atoms with Crippen molar-refractivity contribution in [1.82, 2.24) is 0 Å². The second kappa shape index (κ2) is 6.12. The normalized spacial score (nSPS) is 10.9. The Hall–Kier alpha value is -1.82. The zero-order valence-corrected chi connectivity index (χ0v) is 14.6. The van der Waals surface area contributed by atoms with E-state index in [-0.39, 0.29) is 5.91 Å². The van der Waals surface area contributed by atoms with Gasteiger partial charge in [-0.15, -0.1) is 0 Å². The molecular formula is C18H16INO2. The van der Waals surface area contributed by atoms with E-state index in [1.165, 1.54) is 0 Å². The van der Waals surface area contributed by atoms with Gasteiger partial charge >= 0.3 is 0 Å². The molecule has 112 valence electrons. The van der Waals surface area contributed by atoms with Crippen LogP contribution in [-0.2, 0) is 11.2 Å². The van der Waals surface area contributed by atoms with Gasteiger partial charge in [0.1, 0.15) is 5.58 Å². The maximum Gasteiger partial charge on any atom is 0.228 e. The summed E-state index contributed by atoms with van der Waals surface area (Å²) in [6.07, 6.45) is 1.99. The Balaban J connectivity index is 1.81. The van der Waals surface area contributed by atoms with Gasteiger partial charge in [-0.3, -0.25) is 4.79 Å². The highest BCUT2D eigenvalue weighted by Gasteiger charge is 2.13. The Morgan fingerprint density at radius 2 is 1.91 bits per heavy atom. The van der Waals surface area contributed by atoms with Crippen LogP contribution in [0, 0.1) is 17.4 Å². The Morgan fingerprint density at radius 1 is 1.18 bits per heavy atom. The number of rotatable bonds is 3. The summed E-state index contributed by atoms with van der Waals surface area (Å²) in [4.78, 5) is 12.2. The van der Waals surface area contributed by atoms with Crippen LogP contribution in [0.5, 0.6) is 0 Å². The summed E-state index contributed by atoms with van der Waals surface area (Å²) in [5.41, 5.74) is 4.88. The van der Waals surface area contributed by atoms with Crippen molar-refractivity contribution in [1.29, 1.82) is 0 Å². The lowest BCUT2D eigenvalue weighted by Gasteiger charge is -2.05. The van der Waals surface area contributed by atoms with Gasteiger partial charge in [-0.1, -0.05) is 6.07 Å². The molecule has 0 aliphatic rings. The van der Waals surface area contributed by atoms with E-state index >= 15 is 0 Å². The summed E-state index contributed by atoms with van der Waals surface area (Å²) < 4.78 is 6.74. The van der Waals surface area contributed by atoms with Gasteiger partial charge in [0, 0.05) is 20.2 Å². The minimum Gasteiger partial charge on any atom is -0.464 e. The van der Waals surface area contributed by atoms with E-state index in [2.05, 4.69) is 34.0 Å². The fourth-order valence-corrected chi connectivity index (χ4v) is 3.03. The van der Waals surface area contributed by atoms with E-state index in [1.807, 2.05) is 44.2 Å². The Kier molecular flexibility index (Phi) is 4.20. The SMILES string of the molecule is Cc1cc(C)c2c(CC(=O)Nc3ccc(I)cc3)coc2c1. The number of carbonyl (C=O) groups excluding carboxylic acids is 1. The molecule has 0 bridgehead atoms. The third-order valence-electron chi connectivity index (χ3n) is 3.57. The first-order valence-electron chi connectivity index (χ1n) is 7.05. The molecule has 0 saturated heterocycles. The summed E-state index contributed by atoms with van der Waals surface area (Å²) >= 11 is 2.24. The van der Waals surface area contributed by atoms with Crippen LogP contribution in [0.25, 0.3) is 11.0 Å². The van der Waals surface area contributed by atoms with Crippen molar-refractivity contribution in [3.63, 3.8) is 0 Å². The predicted octanol–water partition coefficient (Wildman–Crippen LogP) is 4.84. The number of carbonyl (C=O) groups is 1. The molecule has 4 heteroatoms. The van der Waals surface area contributed by atoms with Crippen LogP contribution in [0.15, 0.2) is 47.1 Å². The third kappa shape index (κ3) is 3.16. The third-order valence-corrected chi connectivity index (χ3v) is 4.29. The highest BCUT2D eigenvalue weighted by molar-refractivity contribution is 14.1. The van der Waals surface area contributed by atoms with E-state index in [1.54, 1.807) is 6.26 Å². The molecule has 3 aromatic rings. The molecule has 0 aliphatic heterocycles. The molecule has 0 saturated carbocycles. The van der Waals surface area contributed by atoms with Crippen molar-refractivity contribution in [2.24, 2.45) is 0 Å². The Labute approximate surface area is 142 Å². The first-order chi connectivity index (χ1) is 10.5. The van der Waals surface area contributed by atoms with Crippen molar-refractivity contribution in [2.75, 3.05) is 5.32 Å². The molecule has 3 nitrogen and oxygen atoms in total. The molecule has 2 aromatic carbocycles. The minimum atomic E-state index is -0.0381. The lowest BCUT2D eigenvalue weighted by molar-refractivity contribution is -0.115. The quantitative estimate of drug-likeness (QED) is 0.634. The number of fused-ring (bicyclic) bond motifs is 1. The van der Waals surface area contributed by atoms with Crippen LogP contribution in [-0.4, -0.2) is 5.91 Å². The number of halogens is 1. The van der Waals surface area contributed by atoms with E-state index in [9.17, 15) is 4.79 Å². The van der Waals surface area contributed by atoms with Gasteiger partial charge in [0.2, 0.25) is 5.91 Å². The van der Waals surface area contributed by atoms with Gasteiger partial charge in [-0.05, 0) is 77.9 Å². The second-order valence-corrected chi connectivity index (χ2v) is 6.69. The van der Waals surface area contributed by atoms with Crippen LogP contribution in [0.2, 0.25) is 0 Å². The first-order valence-corrected chi connectivity index (χ1v) is 8.13. The van der Waals surface area contributed by atoms with Crippen LogP contribution >= 0.6 is 22.6 Å². The summed E-state index contributed by atoms with van der Waals surface area (Å²) in [6, 6.07) is 11.9. The van der Waals surface area contributed by atoms with E-state index in [0.29, 0.717) is 6.42 Å². The van der Waals surface area contributed by atoms with Crippen molar-refractivity contribution >= 4 is 45.2 Å². The predicted molar refractivity (Wildman–Crippen MR) is 97.2 cm³/mol. The Morgan fingerprint density at radius 3 is 2.64 bits per heavy atom. The molecule has 3 rings (SSSR count). The van der Waals surface area contributed by atoms with Crippen LogP contribution in [0.3, 0.4) is 0 Å². The smallest absolute Gasteiger partial charge is 0.228 e. The lowest BCUT2D eigenvalue weighted by atomic mass is 10.0. The zero-order chi connectivity index (χ0) is 15.7. The van der Waals surface area contributed by atoms with E-state index in [4.69, 9.17) is 4.42 Å². The van der Waals surface area contributed by atoms with Crippen molar-refractivity contribution in [3.8, 4) is 0 Å². The number of aryl methyl sites for hydroxylation is 2. The molecule has 0 radical (unpaired) electrons. The van der Waals surface area contributed by atoms with Gasteiger partial charge in [0.05, 0.1) is 12.7 Å². The number of anilines is 1. The average Bonchev–Trinajstić information content (AvgIpc) is 2.84. The number of nitrogens with one attached hydrogen (secondary N) is 1. The summed E-state index contributed by atoms with van der Waals surface area (Å²) in [5.74, 6) is -0.0381. The number of benzene rings is 2. The largest absolute Gasteiger partial charge is 0.464 e. The number of amides is 1. The Bertz CT molecular complexity index is 834. The topological polar surface area (TPSA) is 42.2 Å². The van der Waals surface area contributed by atoms with Gasteiger partial charge in [-0.2, -0.15) is 0 Å². The van der Waals surface area contributed by atoms with Crippen LogP contribution in [0.1, 0.15) is 16.7 Å². The maximum atomic E-state index is 12.2. The van der Waals surface area contributed by atoms with Crippen molar-refractivity contribution in [3.05, 3.63) is 62.9 Å². The highest BCUT2D eigenvalue weighted by atomic mass is 127. The first kappa shape index (κ1) is 15.1. The standard InChI is InChI=1S/C18H16INO2/c1-11-7-12(2)18-13(10-22-16(18)8-11)9-17(21)20-15-5-3-14(19)4-6-15/h3-8,10H,9H2,1-2H3,(H,20,21). The fourth-order valence-electron chi connectivity index (χ4n) is 2.67. The van der Waals surface area contributed by atoms with E-state index in [0.717, 1.165) is 36.9 Å². The summed E-state index contributed by atoms with van der Waals surface area (Å²) in [6.45, 7) is 4.09. The van der Waals surface area contributed by atoms with Gasteiger partial charge in [-0.25, -0.2) is 0 Å². The molecule has 1 heterocycles. The molecule has 0 fully saturated rings. The summed E-state index contributed by atoms with van der Waals surface area (Å²) in [5, 5.41) is 3.96. The van der Waals surface area contributed by atoms with Gasteiger partial charge in [0.25, 0.3) is 0 Å². The minimum absolute atomic E-state index is 0.0381. The van der Waals surface area contributed by atoms with Gasteiger partial charge < -0.3 is 9.73 Å². The van der Waals surface area contributed by atoms with Crippen LogP contribution in [0.4, 0.5) is 5.69 Å². The number of hydrogen-bond acceptors (Lipinski definition) is 2. The van der Waals surface area contributed by atoms with Gasteiger partial charge in [0.15, 0.2) is 0 Å². The van der Waals surface area contributed by atoms with Crippen LogP contribution < -0.4 is 5.32 Å².